The van der Waals surface area contributed by atoms with Crippen molar-refractivity contribution in [2.24, 2.45) is 0 Å². The predicted octanol–water partition coefficient (Wildman–Crippen LogP) is 3.13. The first-order chi connectivity index (χ1) is 10.6. The standard InChI is InChI=1S/C18H21NO3/c1-14(16-9-6-10-17(20)11-16)19(2)12-18(21)22-13-15-7-4-3-5-8-15/h3-11,14,20H,12-13H2,1-2H3. The number of esters is 1. The van der Waals surface area contributed by atoms with E-state index in [9.17, 15) is 9.90 Å². The Hall–Kier alpha value is -2.33. The molecule has 0 saturated carbocycles. The topological polar surface area (TPSA) is 49.8 Å². The number of ether oxygens (including phenoxy) is 1. The Morgan fingerprint density at radius 2 is 1.91 bits per heavy atom. The molecule has 0 amide bonds. The molecule has 4 heteroatoms. The average Bonchev–Trinajstić information content (AvgIpc) is 2.53. The number of phenolic OH excluding ortho intramolecular Hbond substituents is 1. The lowest BCUT2D eigenvalue weighted by molar-refractivity contribution is -0.146. The summed E-state index contributed by atoms with van der Waals surface area (Å²) in [6, 6.07) is 16.7. The zero-order valence-electron chi connectivity index (χ0n) is 12.9. The summed E-state index contributed by atoms with van der Waals surface area (Å²) in [5.41, 5.74) is 1.93. The van der Waals surface area contributed by atoms with Gasteiger partial charge in [-0.3, -0.25) is 9.69 Å². The highest BCUT2D eigenvalue weighted by atomic mass is 16.5. The van der Waals surface area contributed by atoms with Crippen LogP contribution >= 0.6 is 0 Å². The van der Waals surface area contributed by atoms with Crippen molar-refractivity contribution in [1.82, 2.24) is 4.90 Å². The second kappa shape index (κ2) is 7.61. The minimum atomic E-state index is -0.265. The molecule has 0 aliphatic heterocycles. The van der Waals surface area contributed by atoms with Crippen LogP contribution in [-0.2, 0) is 16.1 Å². The van der Waals surface area contributed by atoms with Crippen LogP contribution in [0.25, 0.3) is 0 Å². The zero-order valence-corrected chi connectivity index (χ0v) is 12.9. The molecule has 2 aromatic rings. The van der Waals surface area contributed by atoms with Gasteiger partial charge in [0.1, 0.15) is 12.4 Å². The summed E-state index contributed by atoms with van der Waals surface area (Å²) < 4.78 is 5.28. The number of phenols is 1. The molecule has 0 aromatic heterocycles. The van der Waals surface area contributed by atoms with Crippen LogP contribution in [-0.4, -0.2) is 29.6 Å². The molecule has 0 bridgehead atoms. The van der Waals surface area contributed by atoms with E-state index in [2.05, 4.69) is 0 Å². The van der Waals surface area contributed by atoms with Crippen LogP contribution in [0.5, 0.6) is 5.75 Å². The maximum atomic E-state index is 11.9. The average molecular weight is 299 g/mol. The number of hydrogen-bond donors (Lipinski definition) is 1. The first-order valence-corrected chi connectivity index (χ1v) is 7.25. The van der Waals surface area contributed by atoms with E-state index in [0.29, 0.717) is 0 Å². The highest BCUT2D eigenvalue weighted by Gasteiger charge is 2.16. The van der Waals surface area contributed by atoms with Crippen molar-refractivity contribution in [3.8, 4) is 5.75 Å². The molecule has 116 valence electrons. The van der Waals surface area contributed by atoms with E-state index in [1.54, 1.807) is 18.2 Å². The number of hydrogen-bond acceptors (Lipinski definition) is 4. The lowest BCUT2D eigenvalue weighted by atomic mass is 10.1. The Morgan fingerprint density at radius 1 is 1.18 bits per heavy atom. The largest absolute Gasteiger partial charge is 0.508 e. The van der Waals surface area contributed by atoms with Crippen molar-refractivity contribution in [3.05, 3.63) is 65.7 Å². The van der Waals surface area contributed by atoms with Gasteiger partial charge in [0.2, 0.25) is 0 Å². The molecule has 0 aliphatic carbocycles. The fraction of sp³-hybridized carbons (Fsp3) is 0.278. The SMILES string of the molecule is CC(c1cccc(O)c1)N(C)CC(=O)OCc1ccccc1. The van der Waals surface area contributed by atoms with Crippen molar-refractivity contribution >= 4 is 5.97 Å². The minimum absolute atomic E-state index is 0.0105. The van der Waals surface area contributed by atoms with Crippen LogP contribution in [0.2, 0.25) is 0 Å². The molecule has 0 radical (unpaired) electrons. The quantitative estimate of drug-likeness (QED) is 0.833. The number of carbonyl (C=O) groups is 1. The molecule has 0 heterocycles. The van der Waals surface area contributed by atoms with Gasteiger partial charge in [0.05, 0.1) is 6.54 Å². The maximum absolute atomic E-state index is 11.9. The van der Waals surface area contributed by atoms with Gasteiger partial charge in [0.15, 0.2) is 0 Å². The Balaban J connectivity index is 1.85. The maximum Gasteiger partial charge on any atom is 0.320 e. The Morgan fingerprint density at radius 3 is 2.59 bits per heavy atom. The van der Waals surface area contributed by atoms with Crippen molar-refractivity contribution in [1.29, 1.82) is 0 Å². The molecule has 0 fully saturated rings. The van der Waals surface area contributed by atoms with Crippen LogP contribution in [0.3, 0.4) is 0 Å². The van der Waals surface area contributed by atoms with Crippen LogP contribution < -0.4 is 0 Å². The van der Waals surface area contributed by atoms with E-state index < -0.39 is 0 Å². The van der Waals surface area contributed by atoms with Gasteiger partial charge >= 0.3 is 5.97 Å². The Labute approximate surface area is 131 Å². The second-order valence-corrected chi connectivity index (χ2v) is 5.33. The molecule has 0 spiro atoms. The van der Waals surface area contributed by atoms with Gasteiger partial charge < -0.3 is 9.84 Å². The van der Waals surface area contributed by atoms with E-state index >= 15 is 0 Å². The van der Waals surface area contributed by atoms with Crippen molar-refractivity contribution in [3.63, 3.8) is 0 Å². The third-order valence-corrected chi connectivity index (χ3v) is 3.63. The second-order valence-electron chi connectivity index (χ2n) is 5.33. The molecule has 4 nitrogen and oxygen atoms in total. The van der Waals surface area contributed by atoms with Crippen molar-refractivity contribution in [2.75, 3.05) is 13.6 Å². The molecule has 0 aliphatic rings. The van der Waals surface area contributed by atoms with Gasteiger partial charge in [0, 0.05) is 6.04 Å². The predicted molar refractivity (Wildman–Crippen MR) is 85.4 cm³/mol. The van der Waals surface area contributed by atoms with Gasteiger partial charge in [-0.15, -0.1) is 0 Å². The molecular formula is C18H21NO3. The molecule has 1 unspecified atom stereocenters. The van der Waals surface area contributed by atoms with Gasteiger partial charge in [-0.2, -0.15) is 0 Å². The Kier molecular flexibility index (Phi) is 5.55. The first kappa shape index (κ1) is 16.0. The summed E-state index contributed by atoms with van der Waals surface area (Å²) in [6.45, 7) is 2.47. The number of rotatable bonds is 6. The smallest absolute Gasteiger partial charge is 0.320 e. The zero-order chi connectivity index (χ0) is 15.9. The summed E-state index contributed by atoms with van der Waals surface area (Å²) in [4.78, 5) is 13.8. The molecular weight excluding hydrogens is 278 g/mol. The lowest BCUT2D eigenvalue weighted by Gasteiger charge is -2.24. The third kappa shape index (κ3) is 4.60. The van der Waals surface area contributed by atoms with Crippen LogP contribution in [0, 0.1) is 0 Å². The summed E-state index contributed by atoms with van der Waals surface area (Å²) in [7, 11) is 1.86. The molecule has 22 heavy (non-hydrogen) atoms. The van der Waals surface area contributed by atoms with Gasteiger partial charge in [0.25, 0.3) is 0 Å². The van der Waals surface area contributed by atoms with E-state index in [0.717, 1.165) is 11.1 Å². The van der Waals surface area contributed by atoms with E-state index in [-0.39, 0.29) is 30.9 Å². The minimum Gasteiger partial charge on any atom is -0.508 e. The fourth-order valence-corrected chi connectivity index (χ4v) is 2.16. The molecule has 2 aromatic carbocycles. The van der Waals surface area contributed by atoms with Gasteiger partial charge in [-0.1, -0.05) is 42.5 Å². The van der Waals surface area contributed by atoms with Crippen molar-refractivity contribution in [2.45, 2.75) is 19.6 Å². The normalized spacial score (nSPS) is 12.1. The van der Waals surface area contributed by atoms with Crippen LogP contribution in [0.1, 0.15) is 24.1 Å². The summed E-state index contributed by atoms with van der Waals surface area (Å²) in [5.74, 6) is -0.0391. The summed E-state index contributed by atoms with van der Waals surface area (Å²) in [5, 5.41) is 9.53. The number of likely N-dealkylation sites (N-methyl/N-ethyl adjacent to an activating group) is 1. The molecule has 1 atom stereocenters. The van der Waals surface area contributed by atoms with E-state index in [4.69, 9.17) is 4.74 Å². The van der Waals surface area contributed by atoms with E-state index in [1.807, 2.05) is 55.3 Å². The Bertz CT molecular complexity index is 613. The van der Waals surface area contributed by atoms with Gasteiger partial charge in [-0.25, -0.2) is 0 Å². The van der Waals surface area contributed by atoms with Crippen molar-refractivity contribution < 1.29 is 14.6 Å². The molecule has 2 rings (SSSR count). The third-order valence-electron chi connectivity index (χ3n) is 3.63. The first-order valence-electron chi connectivity index (χ1n) is 7.25. The van der Waals surface area contributed by atoms with Crippen LogP contribution in [0.15, 0.2) is 54.6 Å². The number of benzene rings is 2. The molecule has 0 saturated heterocycles. The summed E-state index contributed by atoms with van der Waals surface area (Å²) in [6.07, 6.45) is 0. The van der Waals surface area contributed by atoms with Crippen LogP contribution in [0.4, 0.5) is 0 Å². The van der Waals surface area contributed by atoms with E-state index in [1.165, 1.54) is 0 Å². The highest BCUT2D eigenvalue weighted by Crippen LogP contribution is 2.22. The molecule has 1 N–H and O–H groups in total. The number of carbonyl (C=O) groups excluding carboxylic acids is 1. The number of aromatic hydroxyl groups is 1. The van der Waals surface area contributed by atoms with Gasteiger partial charge in [-0.05, 0) is 37.2 Å². The lowest BCUT2D eigenvalue weighted by Crippen LogP contribution is -2.29. The number of nitrogens with zero attached hydrogens (tertiary/aromatic N) is 1. The fourth-order valence-electron chi connectivity index (χ4n) is 2.16. The monoisotopic (exact) mass is 299 g/mol. The summed E-state index contributed by atoms with van der Waals surface area (Å²) >= 11 is 0. The highest BCUT2D eigenvalue weighted by molar-refractivity contribution is 5.71.